The lowest BCUT2D eigenvalue weighted by atomic mass is 10.1. The summed E-state index contributed by atoms with van der Waals surface area (Å²) in [5, 5.41) is 7.83. The van der Waals surface area contributed by atoms with E-state index in [1.807, 2.05) is 31.2 Å². The fourth-order valence-electron chi connectivity index (χ4n) is 2.69. The van der Waals surface area contributed by atoms with Crippen molar-refractivity contribution in [3.05, 3.63) is 80.6 Å². The van der Waals surface area contributed by atoms with Gasteiger partial charge in [0.05, 0.1) is 29.4 Å². The van der Waals surface area contributed by atoms with Crippen molar-refractivity contribution in [2.24, 2.45) is 0 Å². The zero-order valence-corrected chi connectivity index (χ0v) is 17.2. The van der Waals surface area contributed by atoms with E-state index in [2.05, 4.69) is 10.4 Å². The number of ether oxygens (including phenoxy) is 1. The average Bonchev–Trinajstić information content (AvgIpc) is 2.72. The van der Waals surface area contributed by atoms with Crippen molar-refractivity contribution in [1.29, 1.82) is 0 Å². The van der Waals surface area contributed by atoms with Crippen LogP contribution in [0.4, 0.5) is 0 Å². The monoisotopic (exact) mass is 431 g/mol. The molecular formula is C21H19Cl2N3O3. The van der Waals surface area contributed by atoms with Crippen molar-refractivity contribution in [1.82, 2.24) is 15.1 Å². The van der Waals surface area contributed by atoms with Crippen molar-refractivity contribution in [2.45, 2.75) is 13.5 Å². The summed E-state index contributed by atoms with van der Waals surface area (Å²) < 4.78 is 6.74. The van der Waals surface area contributed by atoms with Gasteiger partial charge in [0.2, 0.25) is 0 Å². The Bertz CT molecular complexity index is 1070. The van der Waals surface area contributed by atoms with Crippen LogP contribution in [0, 0.1) is 0 Å². The van der Waals surface area contributed by atoms with Crippen LogP contribution in [0.2, 0.25) is 10.0 Å². The predicted molar refractivity (Wildman–Crippen MR) is 114 cm³/mol. The van der Waals surface area contributed by atoms with Crippen LogP contribution in [-0.2, 0) is 6.54 Å². The number of rotatable bonds is 7. The number of nitrogens with one attached hydrogen (secondary N) is 1. The van der Waals surface area contributed by atoms with Crippen molar-refractivity contribution in [2.75, 3.05) is 13.2 Å². The average molecular weight is 432 g/mol. The topological polar surface area (TPSA) is 73.2 Å². The smallest absolute Gasteiger partial charge is 0.266 e. The van der Waals surface area contributed by atoms with Crippen LogP contribution in [0.3, 0.4) is 0 Å². The molecule has 0 atom stereocenters. The molecule has 0 bridgehead atoms. The number of carbonyl (C=O) groups excluding carboxylic acids is 1. The zero-order chi connectivity index (χ0) is 20.8. The van der Waals surface area contributed by atoms with Crippen LogP contribution in [-0.4, -0.2) is 28.8 Å². The first-order chi connectivity index (χ1) is 14.0. The molecule has 0 saturated heterocycles. The highest BCUT2D eigenvalue weighted by atomic mass is 35.5. The second-order valence-corrected chi connectivity index (χ2v) is 6.96. The summed E-state index contributed by atoms with van der Waals surface area (Å²) in [6.07, 6.45) is 0. The summed E-state index contributed by atoms with van der Waals surface area (Å²) in [4.78, 5) is 24.4. The maximum absolute atomic E-state index is 12.3. The van der Waals surface area contributed by atoms with E-state index in [-0.39, 0.29) is 30.1 Å². The minimum atomic E-state index is -0.367. The highest BCUT2D eigenvalue weighted by molar-refractivity contribution is 6.35. The van der Waals surface area contributed by atoms with Gasteiger partial charge in [0.1, 0.15) is 5.75 Å². The molecule has 0 radical (unpaired) electrons. The van der Waals surface area contributed by atoms with E-state index < -0.39 is 0 Å². The molecular weight excluding hydrogens is 413 g/mol. The molecule has 8 heteroatoms. The summed E-state index contributed by atoms with van der Waals surface area (Å²) in [6.45, 7) is 2.94. The summed E-state index contributed by atoms with van der Waals surface area (Å²) in [5.74, 6) is 0.403. The summed E-state index contributed by atoms with van der Waals surface area (Å²) >= 11 is 11.9. The summed E-state index contributed by atoms with van der Waals surface area (Å²) in [6, 6.07) is 15.2. The van der Waals surface area contributed by atoms with E-state index in [4.69, 9.17) is 27.9 Å². The van der Waals surface area contributed by atoms with Crippen LogP contribution in [0.15, 0.2) is 59.4 Å². The molecule has 150 valence electrons. The van der Waals surface area contributed by atoms with Gasteiger partial charge in [-0.05, 0) is 55.5 Å². The quantitative estimate of drug-likeness (QED) is 0.612. The predicted octanol–water partition coefficient (Wildman–Crippen LogP) is 4.05. The lowest BCUT2D eigenvalue weighted by Gasteiger charge is -2.10. The number of nitrogens with zero attached hydrogens (tertiary/aromatic N) is 2. The third kappa shape index (κ3) is 5.37. The maximum atomic E-state index is 12.3. The van der Waals surface area contributed by atoms with E-state index >= 15 is 0 Å². The molecule has 0 spiro atoms. The van der Waals surface area contributed by atoms with Gasteiger partial charge in [-0.2, -0.15) is 5.10 Å². The van der Waals surface area contributed by atoms with Crippen LogP contribution in [0.5, 0.6) is 5.75 Å². The van der Waals surface area contributed by atoms with Crippen molar-refractivity contribution in [3.8, 4) is 17.0 Å². The number of benzene rings is 2. The normalized spacial score (nSPS) is 10.6. The third-order valence-electron chi connectivity index (χ3n) is 4.11. The molecule has 3 rings (SSSR count). The molecule has 1 aromatic heterocycles. The Balaban J connectivity index is 1.68. The fourth-order valence-corrected chi connectivity index (χ4v) is 3.07. The molecule has 0 aliphatic carbocycles. The van der Waals surface area contributed by atoms with Gasteiger partial charge in [-0.3, -0.25) is 9.59 Å². The summed E-state index contributed by atoms with van der Waals surface area (Å²) in [7, 11) is 0. The van der Waals surface area contributed by atoms with Crippen LogP contribution >= 0.6 is 23.2 Å². The van der Waals surface area contributed by atoms with Gasteiger partial charge in [-0.1, -0.05) is 23.2 Å². The van der Waals surface area contributed by atoms with E-state index in [1.165, 1.54) is 16.8 Å². The van der Waals surface area contributed by atoms with Gasteiger partial charge in [-0.15, -0.1) is 0 Å². The maximum Gasteiger partial charge on any atom is 0.266 e. The first-order valence-corrected chi connectivity index (χ1v) is 9.78. The van der Waals surface area contributed by atoms with Crippen molar-refractivity contribution < 1.29 is 9.53 Å². The van der Waals surface area contributed by atoms with E-state index in [0.29, 0.717) is 22.3 Å². The Morgan fingerprint density at radius 3 is 2.59 bits per heavy atom. The molecule has 1 amide bonds. The molecule has 0 aliphatic rings. The summed E-state index contributed by atoms with van der Waals surface area (Å²) in [5.41, 5.74) is 1.53. The van der Waals surface area contributed by atoms with Crippen LogP contribution < -0.4 is 15.6 Å². The second kappa shape index (κ2) is 9.58. The Labute approximate surface area is 178 Å². The first-order valence-electron chi connectivity index (χ1n) is 9.02. The molecule has 1 heterocycles. The van der Waals surface area contributed by atoms with Crippen LogP contribution in [0.1, 0.15) is 17.3 Å². The molecule has 3 aromatic rings. The number of amides is 1. The fraction of sp³-hybridized carbons (Fsp3) is 0.190. The van der Waals surface area contributed by atoms with Gasteiger partial charge >= 0.3 is 0 Å². The van der Waals surface area contributed by atoms with Gasteiger partial charge in [-0.25, -0.2) is 4.68 Å². The third-order valence-corrected chi connectivity index (χ3v) is 4.67. The SMILES string of the molecule is CCOc1ccc(-c2ccc(=O)n(CCNC(=O)c3cc(Cl)ccc3Cl)n2)cc1. The number of hydrogen-bond donors (Lipinski definition) is 1. The molecule has 0 fully saturated rings. The highest BCUT2D eigenvalue weighted by Gasteiger charge is 2.11. The zero-order valence-electron chi connectivity index (χ0n) is 15.7. The first kappa shape index (κ1) is 20.9. The molecule has 0 aliphatic heterocycles. The molecule has 2 aromatic carbocycles. The molecule has 29 heavy (non-hydrogen) atoms. The van der Waals surface area contributed by atoms with Crippen LogP contribution in [0.25, 0.3) is 11.3 Å². The minimum absolute atomic E-state index is 0.210. The number of aromatic nitrogens is 2. The standard InChI is InChI=1S/C21H19Cl2N3O3/c1-2-29-16-6-3-14(4-7-16)19-9-10-20(27)26(25-19)12-11-24-21(28)17-13-15(22)5-8-18(17)23/h3-10,13H,2,11-12H2,1H3,(H,24,28). The van der Waals surface area contributed by atoms with Gasteiger partial charge in [0.25, 0.3) is 11.5 Å². The number of carbonyl (C=O) groups is 1. The molecule has 1 N–H and O–H groups in total. The number of halogens is 2. The lowest BCUT2D eigenvalue weighted by Crippen LogP contribution is -2.32. The van der Waals surface area contributed by atoms with E-state index in [0.717, 1.165) is 11.3 Å². The Kier molecular flexibility index (Phi) is 6.90. The molecule has 0 saturated carbocycles. The Hall–Kier alpha value is -2.83. The van der Waals surface area contributed by atoms with E-state index in [9.17, 15) is 9.59 Å². The van der Waals surface area contributed by atoms with Crippen molar-refractivity contribution in [3.63, 3.8) is 0 Å². The van der Waals surface area contributed by atoms with Crippen molar-refractivity contribution >= 4 is 29.1 Å². The van der Waals surface area contributed by atoms with Gasteiger partial charge < -0.3 is 10.1 Å². The second-order valence-electron chi connectivity index (χ2n) is 6.12. The minimum Gasteiger partial charge on any atom is -0.494 e. The largest absolute Gasteiger partial charge is 0.494 e. The molecule has 6 nitrogen and oxygen atoms in total. The van der Waals surface area contributed by atoms with E-state index in [1.54, 1.807) is 18.2 Å². The van der Waals surface area contributed by atoms with Gasteiger partial charge in [0, 0.05) is 23.2 Å². The number of hydrogen-bond acceptors (Lipinski definition) is 4. The lowest BCUT2D eigenvalue weighted by molar-refractivity contribution is 0.0952. The highest BCUT2D eigenvalue weighted by Crippen LogP contribution is 2.21. The molecule has 0 unspecified atom stereocenters. The van der Waals surface area contributed by atoms with Gasteiger partial charge in [0.15, 0.2) is 0 Å². The Morgan fingerprint density at radius 1 is 1.10 bits per heavy atom. The Morgan fingerprint density at radius 2 is 1.86 bits per heavy atom.